The van der Waals surface area contributed by atoms with Crippen molar-refractivity contribution < 1.29 is 0 Å². The molecule has 4 N–H and O–H groups in total. The molecular formula is C18H30N4S. The molecule has 0 amide bonds. The van der Waals surface area contributed by atoms with Crippen molar-refractivity contribution in [3.8, 4) is 0 Å². The van der Waals surface area contributed by atoms with E-state index in [9.17, 15) is 0 Å². The van der Waals surface area contributed by atoms with Crippen LogP contribution in [0.3, 0.4) is 0 Å². The minimum atomic E-state index is 0.0172. The van der Waals surface area contributed by atoms with E-state index in [1.165, 1.54) is 30.6 Å². The quantitative estimate of drug-likeness (QED) is 0.422. The molecule has 0 saturated heterocycles. The van der Waals surface area contributed by atoms with E-state index in [0.29, 0.717) is 19.1 Å². The Hall–Kier alpha value is -1.20. The Kier molecular flexibility index (Phi) is 6.78. The van der Waals surface area contributed by atoms with Crippen LogP contribution in [0.2, 0.25) is 0 Å². The first-order chi connectivity index (χ1) is 11.0. The maximum Gasteiger partial charge on any atom is 0.196 e. The molecule has 1 aromatic carbocycles. The van der Waals surface area contributed by atoms with Gasteiger partial charge in [0.2, 0.25) is 0 Å². The number of hydrogen-bond acceptors (Lipinski definition) is 3. The summed E-state index contributed by atoms with van der Waals surface area (Å²) in [5.74, 6) is 0.875. The van der Waals surface area contributed by atoms with Gasteiger partial charge in [0.15, 0.2) is 5.96 Å². The Balaban J connectivity index is 2.13. The largest absolute Gasteiger partial charge is 0.353 e. The van der Waals surface area contributed by atoms with Crippen LogP contribution >= 0.6 is 11.8 Å². The van der Waals surface area contributed by atoms with Crippen molar-refractivity contribution in [2.24, 2.45) is 16.1 Å². The number of guanidine groups is 1. The molecule has 1 saturated carbocycles. The predicted molar refractivity (Wildman–Crippen MR) is 102 cm³/mol. The Morgan fingerprint density at radius 1 is 1.30 bits per heavy atom. The summed E-state index contributed by atoms with van der Waals surface area (Å²) in [6.45, 7) is 5.65. The van der Waals surface area contributed by atoms with E-state index in [2.05, 4.69) is 55.0 Å². The molecule has 0 aliphatic heterocycles. The third kappa shape index (κ3) is 5.74. The average molecular weight is 335 g/mol. The zero-order valence-corrected chi connectivity index (χ0v) is 15.4. The van der Waals surface area contributed by atoms with Gasteiger partial charge < -0.3 is 16.4 Å². The number of aliphatic imine (C=N–C) groups is 1. The van der Waals surface area contributed by atoms with Gasteiger partial charge in [-0.05, 0) is 43.2 Å². The molecule has 128 valence electrons. The number of anilines is 1. The summed E-state index contributed by atoms with van der Waals surface area (Å²) in [5, 5.41) is 7.10. The van der Waals surface area contributed by atoms with E-state index in [1.807, 2.05) is 0 Å². The Bertz CT molecular complexity index is 522. The van der Waals surface area contributed by atoms with Gasteiger partial charge in [0.05, 0.1) is 5.69 Å². The lowest BCUT2D eigenvalue weighted by atomic mass is 9.94. The maximum absolute atomic E-state index is 5.84. The number of thioether (sulfide) groups is 1. The average Bonchev–Trinajstić information content (AvgIpc) is 3.06. The van der Waals surface area contributed by atoms with E-state index in [-0.39, 0.29) is 5.41 Å². The lowest BCUT2D eigenvalue weighted by molar-refractivity contribution is 0.393. The summed E-state index contributed by atoms with van der Waals surface area (Å²) in [7, 11) is 0. The Morgan fingerprint density at radius 3 is 2.65 bits per heavy atom. The van der Waals surface area contributed by atoms with E-state index in [1.54, 1.807) is 11.8 Å². The van der Waals surface area contributed by atoms with E-state index >= 15 is 0 Å². The summed E-state index contributed by atoms with van der Waals surface area (Å²) < 4.78 is 0. The zero-order chi connectivity index (χ0) is 16.7. The molecule has 0 bridgehead atoms. The highest BCUT2D eigenvalue weighted by Gasteiger charge is 2.19. The van der Waals surface area contributed by atoms with Crippen molar-refractivity contribution in [3.05, 3.63) is 24.3 Å². The van der Waals surface area contributed by atoms with Crippen LogP contribution in [0.5, 0.6) is 0 Å². The fourth-order valence-corrected chi connectivity index (χ4v) is 3.17. The molecule has 2 rings (SSSR count). The molecule has 1 aliphatic rings. The topological polar surface area (TPSA) is 62.4 Å². The van der Waals surface area contributed by atoms with Gasteiger partial charge in [-0.1, -0.05) is 38.8 Å². The van der Waals surface area contributed by atoms with Crippen molar-refractivity contribution in [1.82, 2.24) is 5.32 Å². The molecule has 1 aromatic rings. The fourth-order valence-electron chi connectivity index (χ4n) is 2.62. The standard InChI is InChI=1S/C18H30N4S/c1-18(2,12-19)13-20-17(21-14-8-4-5-9-14)22-15-10-6-7-11-16(15)23-3/h6-7,10-11,14H,4-5,8-9,12-13,19H2,1-3H3,(H2,20,21,22). The molecule has 0 unspecified atom stereocenters. The van der Waals surface area contributed by atoms with Crippen LogP contribution in [-0.4, -0.2) is 31.3 Å². The van der Waals surface area contributed by atoms with Gasteiger partial charge in [-0.25, -0.2) is 0 Å². The molecule has 5 heteroatoms. The fraction of sp³-hybridized carbons (Fsp3) is 0.611. The van der Waals surface area contributed by atoms with Crippen LogP contribution in [0.1, 0.15) is 39.5 Å². The lowest BCUT2D eigenvalue weighted by Crippen LogP contribution is -2.39. The van der Waals surface area contributed by atoms with Gasteiger partial charge in [-0.2, -0.15) is 0 Å². The second-order valence-corrected chi connectivity index (χ2v) is 7.83. The van der Waals surface area contributed by atoms with Crippen molar-refractivity contribution in [2.75, 3.05) is 24.7 Å². The first-order valence-corrected chi connectivity index (χ1v) is 9.67. The van der Waals surface area contributed by atoms with Crippen LogP contribution in [0.15, 0.2) is 34.2 Å². The first kappa shape index (κ1) is 18.1. The Morgan fingerprint density at radius 2 is 2.00 bits per heavy atom. The van der Waals surface area contributed by atoms with Gasteiger partial charge in [0, 0.05) is 17.5 Å². The molecule has 1 fully saturated rings. The molecule has 0 radical (unpaired) electrons. The molecule has 4 nitrogen and oxygen atoms in total. The first-order valence-electron chi connectivity index (χ1n) is 8.45. The molecule has 0 atom stereocenters. The van der Waals surface area contributed by atoms with Crippen molar-refractivity contribution in [1.29, 1.82) is 0 Å². The normalized spacial score (nSPS) is 16.6. The highest BCUT2D eigenvalue weighted by atomic mass is 32.2. The smallest absolute Gasteiger partial charge is 0.196 e. The van der Waals surface area contributed by atoms with E-state index in [0.717, 1.165) is 11.6 Å². The van der Waals surface area contributed by atoms with Crippen molar-refractivity contribution in [2.45, 2.75) is 50.5 Å². The van der Waals surface area contributed by atoms with Gasteiger partial charge in [0.25, 0.3) is 0 Å². The van der Waals surface area contributed by atoms with E-state index in [4.69, 9.17) is 10.7 Å². The maximum atomic E-state index is 5.84. The molecular weight excluding hydrogens is 304 g/mol. The number of nitrogens with one attached hydrogen (secondary N) is 2. The molecule has 23 heavy (non-hydrogen) atoms. The predicted octanol–water partition coefficient (Wildman–Crippen LogP) is 3.69. The lowest BCUT2D eigenvalue weighted by Gasteiger charge is -2.23. The van der Waals surface area contributed by atoms with Crippen LogP contribution in [0, 0.1) is 5.41 Å². The summed E-state index contributed by atoms with van der Waals surface area (Å²) in [6.07, 6.45) is 7.16. The highest BCUT2D eigenvalue weighted by molar-refractivity contribution is 7.98. The zero-order valence-electron chi connectivity index (χ0n) is 14.6. The van der Waals surface area contributed by atoms with Gasteiger partial charge in [-0.3, -0.25) is 4.99 Å². The van der Waals surface area contributed by atoms with Crippen LogP contribution in [-0.2, 0) is 0 Å². The van der Waals surface area contributed by atoms with E-state index < -0.39 is 0 Å². The van der Waals surface area contributed by atoms with Crippen LogP contribution in [0.25, 0.3) is 0 Å². The molecule has 1 aliphatic carbocycles. The second kappa shape index (κ2) is 8.60. The third-order valence-electron chi connectivity index (χ3n) is 4.27. The molecule has 0 heterocycles. The SMILES string of the molecule is CSc1ccccc1NC(=NCC(C)(C)CN)NC1CCCC1. The summed E-state index contributed by atoms with van der Waals surface area (Å²) >= 11 is 1.74. The summed E-state index contributed by atoms with van der Waals surface area (Å²) in [5.41, 5.74) is 6.96. The van der Waals surface area contributed by atoms with Crippen molar-refractivity contribution in [3.63, 3.8) is 0 Å². The number of benzene rings is 1. The van der Waals surface area contributed by atoms with Gasteiger partial charge in [0.1, 0.15) is 0 Å². The van der Waals surface area contributed by atoms with Crippen LogP contribution < -0.4 is 16.4 Å². The van der Waals surface area contributed by atoms with Gasteiger partial charge >= 0.3 is 0 Å². The number of nitrogens with two attached hydrogens (primary N) is 1. The summed E-state index contributed by atoms with van der Waals surface area (Å²) in [4.78, 5) is 6.03. The number of para-hydroxylation sites is 1. The Labute approximate surface area is 144 Å². The number of rotatable bonds is 6. The summed E-state index contributed by atoms with van der Waals surface area (Å²) in [6, 6.07) is 8.88. The van der Waals surface area contributed by atoms with Crippen molar-refractivity contribution >= 4 is 23.4 Å². The minimum absolute atomic E-state index is 0.0172. The molecule has 0 aromatic heterocycles. The number of nitrogens with zero attached hydrogens (tertiary/aromatic N) is 1. The molecule has 0 spiro atoms. The second-order valence-electron chi connectivity index (χ2n) is 6.98. The highest BCUT2D eigenvalue weighted by Crippen LogP contribution is 2.25. The van der Waals surface area contributed by atoms with Gasteiger partial charge in [-0.15, -0.1) is 11.8 Å². The number of hydrogen-bond donors (Lipinski definition) is 3. The third-order valence-corrected chi connectivity index (χ3v) is 5.07. The van der Waals surface area contributed by atoms with Crippen LogP contribution in [0.4, 0.5) is 5.69 Å². The monoisotopic (exact) mass is 334 g/mol. The minimum Gasteiger partial charge on any atom is -0.353 e.